The van der Waals surface area contributed by atoms with E-state index in [4.69, 9.17) is 9.47 Å². The zero-order chi connectivity index (χ0) is 12.5. The monoisotopic (exact) mass is 243 g/mol. The van der Waals surface area contributed by atoms with Crippen molar-refractivity contribution >= 4 is 5.91 Å². The first kappa shape index (κ1) is 14.5. The standard InChI is InChI=1S/C13H25NO3/c1-3-16-13(17-4-2)10-14-12(15)9-11-7-5-6-8-11/h11,13H,3-10H2,1-2H3,(H,14,15). The van der Waals surface area contributed by atoms with Crippen LogP contribution in [0, 0.1) is 5.92 Å². The van der Waals surface area contributed by atoms with E-state index in [1.165, 1.54) is 25.7 Å². The van der Waals surface area contributed by atoms with Crippen LogP contribution in [0.5, 0.6) is 0 Å². The first-order valence-electron chi connectivity index (χ1n) is 6.76. The molecule has 0 aliphatic heterocycles. The van der Waals surface area contributed by atoms with Crippen LogP contribution in [-0.2, 0) is 14.3 Å². The van der Waals surface area contributed by atoms with Crippen molar-refractivity contribution in [2.45, 2.75) is 52.2 Å². The summed E-state index contributed by atoms with van der Waals surface area (Å²) in [6, 6.07) is 0. The van der Waals surface area contributed by atoms with Crippen molar-refractivity contribution in [3.63, 3.8) is 0 Å². The van der Waals surface area contributed by atoms with Gasteiger partial charge in [-0.2, -0.15) is 0 Å². The van der Waals surface area contributed by atoms with E-state index in [1.807, 2.05) is 13.8 Å². The molecule has 0 atom stereocenters. The SMILES string of the molecule is CCOC(CNC(=O)CC1CCCC1)OCC. The van der Waals surface area contributed by atoms with Gasteiger partial charge < -0.3 is 14.8 Å². The van der Waals surface area contributed by atoms with Crippen LogP contribution in [-0.4, -0.2) is 32.0 Å². The Labute approximate surface area is 104 Å². The van der Waals surface area contributed by atoms with E-state index < -0.39 is 0 Å². The number of nitrogens with one attached hydrogen (secondary N) is 1. The lowest BCUT2D eigenvalue weighted by Crippen LogP contribution is -2.36. The number of rotatable bonds is 8. The summed E-state index contributed by atoms with van der Waals surface area (Å²) in [5, 5.41) is 2.89. The van der Waals surface area contributed by atoms with Crippen molar-refractivity contribution in [3.8, 4) is 0 Å². The second kappa shape index (κ2) is 8.48. The molecule has 0 spiro atoms. The second-order valence-corrected chi connectivity index (χ2v) is 4.50. The highest BCUT2D eigenvalue weighted by Gasteiger charge is 2.19. The number of carbonyl (C=O) groups excluding carboxylic acids is 1. The lowest BCUT2D eigenvalue weighted by Gasteiger charge is -2.18. The molecular weight excluding hydrogens is 218 g/mol. The van der Waals surface area contributed by atoms with Gasteiger partial charge in [-0.3, -0.25) is 4.79 Å². The summed E-state index contributed by atoms with van der Waals surface area (Å²) in [5.41, 5.74) is 0. The Morgan fingerprint density at radius 1 is 1.24 bits per heavy atom. The highest BCUT2D eigenvalue weighted by atomic mass is 16.7. The molecule has 0 aromatic carbocycles. The van der Waals surface area contributed by atoms with Crippen LogP contribution in [0.15, 0.2) is 0 Å². The predicted molar refractivity (Wildman–Crippen MR) is 66.6 cm³/mol. The van der Waals surface area contributed by atoms with Gasteiger partial charge in [0.25, 0.3) is 0 Å². The summed E-state index contributed by atoms with van der Waals surface area (Å²) >= 11 is 0. The zero-order valence-corrected chi connectivity index (χ0v) is 11.0. The average Bonchev–Trinajstić information content (AvgIpc) is 2.79. The van der Waals surface area contributed by atoms with Gasteiger partial charge in [0.2, 0.25) is 5.91 Å². The number of amides is 1. The molecule has 1 aliphatic carbocycles. The molecule has 0 aromatic rings. The molecule has 0 aromatic heterocycles. The van der Waals surface area contributed by atoms with Crippen molar-refractivity contribution in [3.05, 3.63) is 0 Å². The third kappa shape index (κ3) is 6.03. The van der Waals surface area contributed by atoms with E-state index in [1.54, 1.807) is 0 Å². The fourth-order valence-electron chi connectivity index (χ4n) is 2.28. The zero-order valence-electron chi connectivity index (χ0n) is 11.0. The highest BCUT2D eigenvalue weighted by Crippen LogP contribution is 2.27. The smallest absolute Gasteiger partial charge is 0.220 e. The van der Waals surface area contributed by atoms with Gasteiger partial charge in [0.15, 0.2) is 6.29 Å². The van der Waals surface area contributed by atoms with Crippen molar-refractivity contribution in [2.24, 2.45) is 5.92 Å². The molecule has 0 saturated heterocycles. The Bertz CT molecular complexity index is 209. The maximum atomic E-state index is 11.7. The minimum atomic E-state index is -0.308. The van der Waals surface area contributed by atoms with E-state index in [2.05, 4.69) is 5.32 Å². The fraction of sp³-hybridized carbons (Fsp3) is 0.923. The Kier molecular flexibility index (Phi) is 7.21. The molecule has 17 heavy (non-hydrogen) atoms. The Morgan fingerprint density at radius 3 is 2.35 bits per heavy atom. The van der Waals surface area contributed by atoms with Crippen molar-refractivity contribution in [1.82, 2.24) is 5.32 Å². The van der Waals surface area contributed by atoms with Gasteiger partial charge >= 0.3 is 0 Å². The normalized spacial score (nSPS) is 16.6. The molecule has 4 nitrogen and oxygen atoms in total. The van der Waals surface area contributed by atoms with Gasteiger partial charge in [-0.25, -0.2) is 0 Å². The quantitative estimate of drug-likeness (QED) is 0.664. The molecule has 1 fully saturated rings. The number of hydrogen-bond acceptors (Lipinski definition) is 3. The molecule has 100 valence electrons. The van der Waals surface area contributed by atoms with E-state index >= 15 is 0 Å². The van der Waals surface area contributed by atoms with Crippen LogP contribution < -0.4 is 5.32 Å². The molecule has 1 rings (SSSR count). The first-order valence-corrected chi connectivity index (χ1v) is 6.76. The van der Waals surface area contributed by atoms with Gasteiger partial charge in [-0.1, -0.05) is 12.8 Å². The average molecular weight is 243 g/mol. The molecule has 0 radical (unpaired) electrons. The highest BCUT2D eigenvalue weighted by molar-refractivity contribution is 5.76. The van der Waals surface area contributed by atoms with Gasteiger partial charge in [-0.05, 0) is 32.6 Å². The largest absolute Gasteiger partial charge is 0.351 e. The minimum absolute atomic E-state index is 0.126. The van der Waals surface area contributed by atoms with Crippen LogP contribution in [0.1, 0.15) is 46.0 Å². The maximum absolute atomic E-state index is 11.7. The van der Waals surface area contributed by atoms with Crippen LogP contribution >= 0.6 is 0 Å². The van der Waals surface area contributed by atoms with Crippen molar-refractivity contribution < 1.29 is 14.3 Å². The van der Waals surface area contributed by atoms with E-state index in [0.717, 1.165) is 0 Å². The second-order valence-electron chi connectivity index (χ2n) is 4.50. The van der Waals surface area contributed by atoms with Gasteiger partial charge in [0.05, 0.1) is 6.54 Å². The maximum Gasteiger partial charge on any atom is 0.220 e. The Hall–Kier alpha value is -0.610. The third-order valence-electron chi connectivity index (χ3n) is 3.12. The van der Waals surface area contributed by atoms with E-state index in [-0.39, 0.29) is 12.2 Å². The molecule has 0 unspecified atom stereocenters. The Balaban J connectivity index is 2.15. The van der Waals surface area contributed by atoms with Gasteiger partial charge in [-0.15, -0.1) is 0 Å². The number of hydrogen-bond donors (Lipinski definition) is 1. The third-order valence-corrected chi connectivity index (χ3v) is 3.12. The molecule has 0 bridgehead atoms. The lowest BCUT2D eigenvalue weighted by molar-refractivity contribution is -0.140. The lowest BCUT2D eigenvalue weighted by atomic mass is 10.0. The molecule has 0 heterocycles. The van der Waals surface area contributed by atoms with Crippen LogP contribution in [0.2, 0.25) is 0 Å². The first-order chi connectivity index (χ1) is 8.26. The van der Waals surface area contributed by atoms with Crippen LogP contribution in [0.3, 0.4) is 0 Å². The fourth-order valence-corrected chi connectivity index (χ4v) is 2.28. The topological polar surface area (TPSA) is 47.6 Å². The molecule has 4 heteroatoms. The summed E-state index contributed by atoms with van der Waals surface area (Å²) in [7, 11) is 0. The Morgan fingerprint density at radius 2 is 1.82 bits per heavy atom. The number of carbonyl (C=O) groups is 1. The van der Waals surface area contributed by atoms with E-state index in [0.29, 0.717) is 32.1 Å². The molecular formula is C13H25NO3. The van der Waals surface area contributed by atoms with Crippen molar-refractivity contribution in [2.75, 3.05) is 19.8 Å². The van der Waals surface area contributed by atoms with Gasteiger partial charge in [0, 0.05) is 19.6 Å². The number of ether oxygens (including phenoxy) is 2. The molecule has 1 saturated carbocycles. The minimum Gasteiger partial charge on any atom is -0.351 e. The van der Waals surface area contributed by atoms with Gasteiger partial charge in [0.1, 0.15) is 0 Å². The van der Waals surface area contributed by atoms with Crippen LogP contribution in [0.4, 0.5) is 0 Å². The predicted octanol–water partition coefficient (Wildman–Crippen LogP) is 2.08. The summed E-state index contributed by atoms with van der Waals surface area (Å²) in [6.07, 6.45) is 5.31. The van der Waals surface area contributed by atoms with E-state index in [9.17, 15) is 4.79 Å². The summed E-state index contributed by atoms with van der Waals surface area (Å²) < 4.78 is 10.7. The van der Waals surface area contributed by atoms with Crippen LogP contribution in [0.25, 0.3) is 0 Å². The molecule has 1 N–H and O–H groups in total. The molecule has 1 amide bonds. The summed E-state index contributed by atoms with van der Waals surface area (Å²) in [6.45, 7) is 5.50. The summed E-state index contributed by atoms with van der Waals surface area (Å²) in [5.74, 6) is 0.717. The van der Waals surface area contributed by atoms with Crippen molar-refractivity contribution in [1.29, 1.82) is 0 Å². The summed E-state index contributed by atoms with van der Waals surface area (Å²) in [4.78, 5) is 11.7. The molecule has 1 aliphatic rings.